The van der Waals surface area contributed by atoms with E-state index in [9.17, 15) is 26.4 Å². The predicted molar refractivity (Wildman–Crippen MR) is 99.4 cm³/mol. The number of rotatable bonds is 6. The van der Waals surface area contributed by atoms with Gasteiger partial charge in [-0.2, -0.15) is 17.5 Å². The van der Waals surface area contributed by atoms with Gasteiger partial charge in [-0.05, 0) is 54.8 Å². The molecule has 1 N–H and O–H groups in total. The fourth-order valence-corrected chi connectivity index (χ4v) is 3.69. The summed E-state index contributed by atoms with van der Waals surface area (Å²) in [6.45, 7) is 2.36. The van der Waals surface area contributed by atoms with Crippen LogP contribution in [0.15, 0.2) is 47.4 Å². The van der Waals surface area contributed by atoms with Gasteiger partial charge in [-0.3, -0.25) is 4.79 Å². The molecule has 0 unspecified atom stereocenters. The molecule has 0 bridgehead atoms. The Labute approximate surface area is 162 Å². The predicted octanol–water partition coefficient (Wildman–Crippen LogP) is 3.42. The first-order valence-electron chi connectivity index (χ1n) is 8.37. The van der Waals surface area contributed by atoms with Crippen LogP contribution in [0.5, 0.6) is 0 Å². The van der Waals surface area contributed by atoms with Crippen LogP contribution < -0.4 is 5.32 Å². The van der Waals surface area contributed by atoms with Crippen LogP contribution in [0.3, 0.4) is 0 Å². The summed E-state index contributed by atoms with van der Waals surface area (Å²) in [5, 5.41) is 1.78. The molecule has 2 rings (SSSR count). The van der Waals surface area contributed by atoms with Crippen LogP contribution in [0.25, 0.3) is 0 Å². The third kappa shape index (κ3) is 5.56. The molecule has 152 valence electrons. The van der Waals surface area contributed by atoms with Gasteiger partial charge in [0.05, 0.1) is 4.90 Å². The van der Waals surface area contributed by atoms with Crippen molar-refractivity contribution in [2.75, 3.05) is 13.6 Å². The number of halogens is 3. The highest BCUT2D eigenvalue weighted by atomic mass is 32.2. The highest BCUT2D eigenvalue weighted by Crippen LogP contribution is 2.20. The lowest BCUT2D eigenvalue weighted by molar-refractivity contribution is -0.123. The fourth-order valence-electron chi connectivity index (χ4n) is 2.44. The van der Waals surface area contributed by atoms with E-state index in [0.29, 0.717) is 5.56 Å². The van der Waals surface area contributed by atoms with Gasteiger partial charge in [0.1, 0.15) is 6.54 Å². The van der Waals surface area contributed by atoms with Crippen LogP contribution in [-0.2, 0) is 16.6 Å². The molecule has 0 saturated carbocycles. The van der Waals surface area contributed by atoms with Gasteiger partial charge in [-0.1, -0.05) is 18.2 Å². The van der Waals surface area contributed by atoms with Gasteiger partial charge in [-0.25, -0.2) is 8.42 Å². The van der Waals surface area contributed by atoms with Crippen molar-refractivity contribution in [2.45, 2.75) is 31.5 Å². The summed E-state index contributed by atoms with van der Waals surface area (Å²) in [5.74, 6) is -0.847. The maximum atomic E-state index is 12.7. The van der Waals surface area contributed by atoms with Gasteiger partial charge < -0.3 is 5.32 Å². The second-order valence-corrected chi connectivity index (χ2v) is 8.55. The minimum atomic E-state index is -4.49. The van der Waals surface area contributed by atoms with Gasteiger partial charge in [0, 0.05) is 19.2 Å². The standard InChI is InChI=1S/C19H21F3N2O3S/c1-13-4-9-17(10-14(13)2)28(26,27)24(3)11-15-5-7-16(8-6-15)18(25)23-12-19(20,21)22/h4-10H,11-12H2,1-3H3,(H,23,25). The molecular weight excluding hydrogens is 393 g/mol. The zero-order valence-electron chi connectivity index (χ0n) is 15.7. The molecule has 0 heterocycles. The molecule has 2 aromatic carbocycles. The van der Waals surface area contributed by atoms with Crippen LogP contribution >= 0.6 is 0 Å². The maximum Gasteiger partial charge on any atom is 0.405 e. The van der Waals surface area contributed by atoms with Crippen LogP contribution in [0.1, 0.15) is 27.0 Å². The van der Waals surface area contributed by atoms with Crippen molar-refractivity contribution >= 4 is 15.9 Å². The number of aryl methyl sites for hydroxylation is 2. The third-order valence-corrected chi connectivity index (χ3v) is 6.06. The summed E-state index contributed by atoms with van der Waals surface area (Å²) in [6, 6.07) is 10.6. The van der Waals surface area contributed by atoms with E-state index in [-0.39, 0.29) is 17.0 Å². The van der Waals surface area contributed by atoms with Gasteiger partial charge in [-0.15, -0.1) is 0 Å². The lowest BCUT2D eigenvalue weighted by Crippen LogP contribution is -2.33. The smallest absolute Gasteiger partial charge is 0.343 e. The Morgan fingerprint density at radius 3 is 2.18 bits per heavy atom. The summed E-state index contributed by atoms with van der Waals surface area (Å²) in [5.41, 5.74) is 2.51. The largest absolute Gasteiger partial charge is 0.405 e. The van der Waals surface area contributed by atoms with Crippen molar-refractivity contribution in [1.29, 1.82) is 0 Å². The fraction of sp³-hybridized carbons (Fsp3) is 0.316. The molecule has 9 heteroatoms. The normalized spacial score (nSPS) is 12.2. The second-order valence-electron chi connectivity index (χ2n) is 6.50. The molecule has 2 aromatic rings. The number of nitrogens with one attached hydrogen (secondary N) is 1. The molecule has 0 aliphatic rings. The molecular formula is C19H21F3N2O3S. The van der Waals surface area contributed by atoms with Crippen molar-refractivity contribution in [3.05, 3.63) is 64.7 Å². The summed E-state index contributed by atoms with van der Waals surface area (Å²) in [7, 11) is -2.26. The SMILES string of the molecule is Cc1ccc(S(=O)(=O)N(C)Cc2ccc(C(=O)NCC(F)(F)F)cc2)cc1C. The Hall–Kier alpha value is -2.39. The minimum absolute atomic E-state index is 0.0553. The number of hydrogen-bond acceptors (Lipinski definition) is 3. The highest BCUT2D eigenvalue weighted by molar-refractivity contribution is 7.89. The number of hydrogen-bond donors (Lipinski definition) is 1. The molecule has 0 aliphatic carbocycles. The summed E-state index contributed by atoms with van der Waals surface area (Å²) >= 11 is 0. The number of amides is 1. The second kappa shape index (κ2) is 8.32. The lowest BCUT2D eigenvalue weighted by Gasteiger charge is -2.18. The Morgan fingerprint density at radius 1 is 1.04 bits per heavy atom. The first kappa shape index (κ1) is 21.9. The molecule has 0 atom stereocenters. The monoisotopic (exact) mass is 414 g/mol. The lowest BCUT2D eigenvalue weighted by atomic mass is 10.1. The molecule has 28 heavy (non-hydrogen) atoms. The van der Waals surface area contributed by atoms with Crippen molar-refractivity contribution in [2.24, 2.45) is 0 Å². The van der Waals surface area contributed by atoms with Crippen LogP contribution in [0.4, 0.5) is 13.2 Å². The molecule has 1 amide bonds. The Morgan fingerprint density at radius 2 is 1.64 bits per heavy atom. The van der Waals surface area contributed by atoms with Gasteiger partial charge in [0.25, 0.3) is 5.91 Å². The number of carbonyl (C=O) groups is 1. The van der Waals surface area contributed by atoms with E-state index in [4.69, 9.17) is 0 Å². The van der Waals surface area contributed by atoms with Crippen molar-refractivity contribution in [3.63, 3.8) is 0 Å². The van der Waals surface area contributed by atoms with E-state index in [1.54, 1.807) is 23.5 Å². The van der Waals surface area contributed by atoms with Crippen molar-refractivity contribution in [3.8, 4) is 0 Å². The maximum absolute atomic E-state index is 12.7. The molecule has 0 radical (unpaired) electrons. The van der Waals surface area contributed by atoms with E-state index in [1.807, 2.05) is 13.8 Å². The minimum Gasteiger partial charge on any atom is -0.343 e. The first-order valence-corrected chi connectivity index (χ1v) is 9.81. The van der Waals surface area contributed by atoms with Crippen molar-refractivity contribution < 1.29 is 26.4 Å². The average molecular weight is 414 g/mol. The summed E-state index contributed by atoms with van der Waals surface area (Å²) in [6.07, 6.45) is -4.49. The van der Waals surface area contributed by atoms with Crippen LogP contribution in [0.2, 0.25) is 0 Å². The summed E-state index contributed by atoms with van der Waals surface area (Å²) in [4.78, 5) is 11.9. The highest BCUT2D eigenvalue weighted by Gasteiger charge is 2.28. The van der Waals surface area contributed by atoms with E-state index < -0.39 is 28.7 Å². The molecule has 0 aromatic heterocycles. The van der Waals surface area contributed by atoms with E-state index in [2.05, 4.69) is 0 Å². The third-order valence-electron chi connectivity index (χ3n) is 4.26. The molecule has 0 saturated heterocycles. The number of alkyl halides is 3. The summed E-state index contributed by atoms with van der Waals surface area (Å²) < 4.78 is 63.1. The molecule has 0 spiro atoms. The van der Waals surface area contributed by atoms with Crippen LogP contribution in [-0.4, -0.2) is 38.4 Å². The average Bonchev–Trinajstić information content (AvgIpc) is 2.61. The topological polar surface area (TPSA) is 66.5 Å². The number of benzene rings is 2. The molecule has 5 nitrogen and oxygen atoms in total. The Balaban J connectivity index is 2.08. The van der Waals surface area contributed by atoms with Crippen molar-refractivity contribution in [1.82, 2.24) is 9.62 Å². The van der Waals surface area contributed by atoms with E-state index in [1.165, 1.54) is 35.6 Å². The number of carbonyl (C=O) groups excluding carboxylic acids is 1. The first-order chi connectivity index (χ1) is 12.9. The van der Waals surface area contributed by atoms with E-state index >= 15 is 0 Å². The Kier molecular flexibility index (Phi) is 6.51. The molecule has 0 aliphatic heterocycles. The van der Waals surface area contributed by atoms with Gasteiger partial charge in [0.2, 0.25) is 10.0 Å². The van der Waals surface area contributed by atoms with Crippen LogP contribution in [0, 0.1) is 13.8 Å². The zero-order valence-corrected chi connectivity index (χ0v) is 16.5. The van der Waals surface area contributed by atoms with E-state index in [0.717, 1.165) is 11.1 Å². The number of sulfonamides is 1. The quantitative estimate of drug-likeness (QED) is 0.788. The van der Waals surface area contributed by atoms with Gasteiger partial charge in [0.15, 0.2) is 0 Å². The molecule has 0 fully saturated rings. The van der Waals surface area contributed by atoms with Gasteiger partial charge >= 0.3 is 6.18 Å². The number of nitrogens with zero attached hydrogens (tertiary/aromatic N) is 1. The zero-order chi connectivity index (χ0) is 21.1. The Bertz CT molecular complexity index is 955.